The number of fused-ring (bicyclic) bond motifs is 6. The van der Waals surface area contributed by atoms with Gasteiger partial charge in [-0.15, -0.1) is 0 Å². The quantitative estimate of drug-likeness (QED) is 0.345. The normalized spacial score (nSPS) is 11.9. The van der Waals surface area contributed by atoms with Crippen molar-refractivity contribution in [1.82, 2.24) is 9.55 Å². The first kappa shape index (κ1) is 14.6. The molecule has 0 saturated heterocycles. The van der Waals surface area contributed by atoms with E-state index >= 15 is 0 Å². The number of H-pyrrole nitrogens is 1. The van der Waals surface area contributed by atoms with Crippen molar-refractivity contribution in [2.75, 3.05) is 0 Å². The van der Waals surface area contributed by atoms with E-state index in [2.05, 4.69) is 102 Å². The number of hydrogen-bond donors (Lipinski definition) is 1. The second kappa shape index (κ2) is 5.24. The highest BCUT2D eigenvalue weighted by molar-refractivity contribution is 6.13. The van der Waals surface area contributed by atoms with Crippen LogP contribution in [-0.2, 0) is 7.05 Å². The van der Waals surface area contributed by atoms with Gasteiger partial charge in [-0.25, -0.2) is 0 Å². The van der Waals surface area contributed by atoms with Crippen LogP contribution < -0.4 is 0 Å². The first-order chi connectivity index (χ1) is 13.3. The third kappa shape index (κ3) is 1.95. The van der Waals surface area contributed by atoms with Gasteiger partial charge in [-0.1, -0.05) is 60.7 Å². The Morgan fingerprint density at radius 2 is 1.37 bits per heavy atom. The van der Waals surface area contributed by atoms with Crippen molar-refractivity contribution < 1.29 is 0 Å². The monoisotopic (exact) mass is 346 g/mol. The van der Waals surface area contributed by atoms with Crippen molar-refractivity contribution >= 4 is 43.6 Å². The summed E-state index contributed by atoms with van der Waals surface area (Å²) in [5, 5.41) is 5.17. The second-order valence-corrected chi connectivity index (χ2v) is 7.21. The largest absolute Gasteiger partial charge is 0.354 e. The van der Waals surface area contributed by atoms with Crippen molar-refractivity contribution in [3.05, 3.63) is 84.9 Å². The number of aromatic nitrogens is 2. The molecule has 128 valence electrons. The molecule has 0 amide bonds. The molecule has 4 aromatic carbocycles. The number of nitrogens with one attached hydrogen (secondary N) is 1. The number of benzene rings is 4. The summed E-state index contributed by atoms with van der Waals surface area (Å²) in [4.78, 5) is 3.63. The summed E-state index contributed by atoms with van der Waals surface area (Å²) >= 11 is 0. The van der Waals surface area contributed by atoms with Gasteiger partial charge in [0.05, 0.1) is 5.52 Å². The predicted molar refractivity (Wildman–Crippen MR) is 115 cm³/mol. The second-order valence-electron chi connectivity index (χ2n) is 7.21. The number of aromatic amines is 1. The van der Waals surface area contributed by atoms with Crippen LogP contribution in [0.5, 0.6) is 0 Å². The lowest BCUT2D eigenvalue weighted by atomic mass is 10.00. The summed E-state index contributed by atoms with van der Waals surface area (Å²) in [5.41, 5.74) is 7.43. The van der Waals surface area contributed by atoms with E-state index in [1.807, 2.05) is 0 Å². The summed E-state index contributed by atoms with van der Waals surface area (Å²) in [7, 11) is 2.14. The van der Waals surface area contributed by atoms with Crippen LogP contribution in [0, 0.1) is 0 Å². The molecule has 2 aromatic heterocycles. The first-order valence-electron chi connectivity index (χ1n) is 9.28. The lowest BCUT2D eigenvalue weighted by molar-refractivity contribution is 1.01. The van der Waals surface area contributed by atoms with E-state index in [1.165, 1.54) is 54.7 Å². The number of rotatable bonds is 1. The Morgan fingerprint density at radius 3 is 2.30 bits per heavy atom. The van der Waals surface area contributed by atoms with Gasteiger partial charge in [-0.3, -0.25) is 0 Å². The van der Waals surface area contributed by atoms with E-state index in [0.29, 0.717) is 0 Å². The van der Waals surface area contributed by atoms with E-state index in [9.17, 15) is 0 Å². The lowest BCUT2D eigenvalue weighted by Crippen LogP contribution is -1.86. The molecule has 2 heteroatoms. The molecular weight excluding hydrogens is 328 g/mol. The van der Waals surface area contributed by atoms with Gasteiger partial charge in [-0.2, -0.15) is 0 Å². The molecular formula is C25H18N2. The van der Waals surface area contributed by atoms with Crippen LogP contribution in [0.2, 0.25) is 0 Å². The van der Waals surface area contributed by atoms with E-state index in [4.69, 9.17) is 0 Å². The van der Waals surface area contributed by atoms with E-state index in [0.717, 1.165) is 0 Å². The highest BCUT2D eigenvalue weighted by Crippen LogP contribution is 2.36. The Hall–Kier alpha value is -3.52. The maximum Gasteiger partial charge on any atom is 0.0544 e. The van der Waals surface area contributed by atoms with Crippen molar-refractivity contribution in [1.29, 1.82) is 0 Å². The molecule has 1 N–H and O–H groups in total. The van der Waals surface area contributed by atoms with Gasteiger partial charge in [-0.05, 0) is 29.8 Å². The molecule has 0 atom stereocenters. The lowest BCUT2D eigenvalue weighted by Gasteiger charge is -2.05. The number of nitrogens with zero attached hydrogens (tertiary/aromatic N) is 1. The van der Waals surface area contributed by atoms with Crippen molar-refractivity contribution in [3.63, 3.8) is 0 Å². The van der Waals surface area contributed by atoms with Crippen LogP contribution in [0.15, 0.2) is 84.9 Å². The minimum absolute atomic E-state index is 1.19. The molecule has 27 heavy (non-hydrogen) atoms. The molecule has 6 rings (SSSR count). The van der Waals surface area contributed by atoms with E-state index in [1.54, 1.807) is 0 Å². The van der Waals surface area contributed by atoms with Crippen molar-refractivity contribution in [2.24, 2.45) is 7.05 Å². The number of para-hydroxylation sites is 3. The zero-order valence-corrected chi connectivity index (χ0v) is 15.0. The minimum Gasteiger partial charge on any atom is -0.354 e. The summed E-state index contributed by atoms with van der Waals surface area (Å²) in [6.07, 6.45) is 0. The Balaban J connectivity index is 1.69. The molecule has 0 aliphatic rings. The van der Waals surface area contributed by atoms with Gasteiger partial charge in [0.1, 0.15) is 0 Å². The van der Waals surface area contributed by atoms with Gasteiger partial charge in [0.15, 0.2) is 0 Å². The zero-order chi connectivity index (χ0) is 18.0. The summed E-state index contributed by atoms with van der Waals surface area (Å²) in [6, 6.07) is 30.5. The average molecular weight is 346 g/mol. The molecule has 2 heterocycles. The SMILES string of the molecule is Cn1c2ccccc2c2cc(-c3cccc4c3[nH]c3ccccc34)ccc21. The molecule has 0 saturated carbocycles. The third-order valence-corrected chi connectivity index (χ3v) is 5.77. The first-order valence-corrected chi connectivity index (χ1v) is 9.28. The Bertz CT molecular complexity index is 1480. The highest BCUT2D eigenvalue weighted by atomic mass is 14.9. The van der Waals surface area contributed by atoms with E-state index < -0.39 is 0 Å². The third-order valence-electron chi connectivity index (χ3n) is 5.77. The van der Waals surface area contributed by atoms with E-state index in [-0.39, 0.29) is 0 Å². The Morgan fingerprint density at radius 1 is 0.630 bits per heavy atom. The maximum absolute atomic E-state index is 3.63. The topological polar surface area (TPSA) is 20.7 Å². The molecule has 2 nitrogen and oxygen atoms in total. The van der Waals surface area contributed by atoms with Gasteiger partial charge in [0, 0.05) is 50.7 Å². The molecule has 0 aliphatic carbocycles. The minimum atomic E-state index is 1.19. The van der Waals surface area contributed by atoms with Crippen molar-refractivity contribution in [3.8, 4) is 11.1 Å². The summed E-state index contributed by atoms with van der Waals surface area (Å²) in [6.45, 7) is 0. The van der Waals surface area contributed by atoms with Crippen LogP contribution in [-0.4, -0.2) is 9.55 Å². The summed E-state index contributed by atoms with van der Waals surface area (Å²) in [5.74, 6) is 0. The number of aryl methyl sites for hydroxylation is 1. The van der Waals surface area contributed by atoms with Crippen LogP contribution in [0.3, 0.4) is 0 Å². The molecule has 0 bridgehead atoms. The molecule has 0 fully saturated rings. The number of hydrogen-bond acceptors (Lipinski definition) is 0. The van der Waals surface area contributed by atoms with Crippen LogP contribution in [0.4, 0.5) is 0 Å². The zero-order valence-electron chi connectivity index (χ0n) is 15.0. The fourth-order valence-corrected chi connectivity index (χ4v) is 4.45. The summed E-state index contributed by atoms with van der Waals surface area (Å²) < 4.78 is 2.28. The van der Waals surface area contributed by atoms with Crippen LogP contribution >= 0.6 is 0 Å². The highest BCUT2D eigenvalue weighted by Gasteiger charge is 2.12. The van der Waals surface area contributed by atoms with Crippen molar-refractivity contribution in [2.45, 2.75) is 0 Å². The van der Waals surface area contributed by atoms with Gasteiger partial charge >= 0.3 is 0 Å². The molecule has 6 aromatic rings. The average Bonchev–Trinajstić information content (AvgIpc) is 3.24. The fourth-order valence-electron chi connectivity index (χ4n) is 4.45. The standard InChI is InChI=1S/C25H18N2/c1-27-23-12-5-3-8-19(23)21-15-16(13-14-24(21)27)17-9-6-10-20-18-7-2-4-11-22(18)26-25(17)20/h2-15,26H,1H3. The predicted octanol–water partition coefficient (Wildman–Crippen LogP) is 6.63. The Labute approximate surface area is 156 Å². The van der Waals surface area contributed by atoms with Crippen LogP contribution in [0.1, 0.15) is 0 Å². The van der Waals surface area contributed by atoms with Gasteiger partial charge in [0.25, 0.3) is 0 Å². The van der Waals surface area contributed by atoms with Gasteiger partial charge < -0.3 is 9.55 Å². The fraction of sp³-hybridized carbons (Fsp3) is 0.0400. The van der Waals surface area contributed by atoms with Crippen LogP contribution in [0.25, 0.3) is 54.7 Å². The molecule has 0 radical (unpaired) electrons. The molecule has 0 aliphatic heterocycles. The van der Waals surface area contributed by atoms with Gasteiger partial charge in [0.2, 0.25) is 0 Å². The molecule has 0 unspecified atom stereocenters. The Kier molecular flexibility index (Phi) is 2.84. The maximum atomic E-state index is 3.63. The smallest absolute Gasteiger partial charge is 0.0544 e. The molecule has 0 spiro atoms.